The topological polar surface area (TPSA) is 33.1 Å². The van der Waals surface area contributed by atoms with Crippen molar-refractivity contribution in [3.8, 4) is 0 Å². The number of rotatable bonds is 4. The summed E-state index contributed by atoms with van der Waals surface area (Å²) in [5, 5.41) is 3.56. The fourth-order valence-corrected chi connectivity index (χ4v) is 3.80. The second kappa shape index (κ2) is 6.08. The first-order valence-electron chi connectivity index (χ1n) is 6.97. The van der Waals surface area contributed by atoms with Gasteiger partial charge in [0.25, 0.3) is 0 Å². The van der Waals surface area contributed by atoms with Gasteiger partial charge in [-0.05, 0) is 19.4 Å². The lowest BCUT2D eigenvalue weighted by molar-refractivity contribution is 0.287. The summed E-state index contributed by atoms with van der Waals surface area (Å²) in [4.78, 5) is 6.90. The number of aromatic nitrogens is 2. The van der Waals surface area contributed by atoms with Gasteiger partial charge in [0.1, 0.15) is 0 Å². The molecule has 3 rings (SSSR count). The van der Waals surface area contributed by atoms with E-state index >= 15 is 0 Å². The molecule has 2 fully saturated rings. The smallest absolute Gasteiger partial charge is 0.0949 e. The van der Waals surface area contributed by atoms with E-state index in [2.05, 4.69) is 31.5 Å². The number of hydrogen-bond acceptors (Lipinski definition) is 4. The first kappa shape index (κ1) is 12.5. The highest BCUT2D eigenvalue weighted by Gasteiger charge is 2.20. The average molecular weight is 266 g/mol. The van der Waals surface area contributed by atoms with Crippen LogP contribution in [-0.2, 0) is 6.54 Å². The summed E-state index contributed by atoms with van der Waals surface area (Å²) < 4.78 is 2.34. The van der Waals surface area contributed by atoms with E-state index in [-0.39, 0.29) is 0 Å². The highest BCUT2D eigenvalue weighted by molar-refractivity contribution is 7.99. The summed E-state index contributed by atoms with van der Waals surface area (Å²) in [6.45, 7) is 5.89. The molecule has 0 unspecified atom stereocenters. The van der Waals surface area contributed by atoms with Gasteiger partial charge in [-0.1, -0.05) is 0 Å². The van der Waals surface area contributed by atoms with Crippen molar-refractivity contribution in [2.45, 2.75) is 25.4 Å². The van der Waals surface area contributed by atoms with Crippen LogP contribution < -0.4 is 5.32 Å². The Labute approximate surface area is 113 Å². The molecule has 0 aromatic carbocycles. The third-order valence-electron chi connectivity index (χ3n) is 3.92. The molecule has 2 saturated heterocycles. The number of nitrogens with one attached hydrogen (secondary N) is 1. The standard InChI is InChI=1S/C13H22N4S/c1-2-12(15-3-1)13-10-14-11-17(13)5-4-16-6-8-18-9-7-16/h10-12,15H,1-9H2/t12-/m0/s1. The molecular weight excluding hydrogens is 244 g/mol. The molecule has 0 aliphatic carbocycles. The first-order valence-corrected chi connectivity index (χ1v) is 8.12. The predicted octanol–water partition coefficient (Wildman–Crippen LogP) is 1.36. The van der Waals surface area contributed by atoms with Gasteiger partial charge in [0, 0.05) is 49.9 Å². The Hall–Kier alpha value is -0.520. The molecule has 100 valence electrons. The van der Waals surface area contributed by atoms with Crippen molar-refractivity contribution in [3.05, 3.63) is 18.2 Å². The van der Waals surface area contributed by atoms with Gasteiger partial charge >= 0.3 is 0 Å². The van der Waals surface area contributed by atoms with Gasteiger partial charge in [-0.15, -0.1) is 0 Å². The van der Waals surface area contributed by atoms with Gasteiger partial charge in [0.15, 0.2) is 0 Å². The SMILES string of the molecule is c1ncn(CCN2CCSCC2)c1[C@@H]1CCCN1. The van der Waals surface area contributed by atoms with E-state index < -0.39 is 0 Å². The van der Waals surface area contributed by atoms with Crippen LogP contribution in [-0.4, -0.2) is 52.1 Å². The Morgan fingerprint density at radius 2 is 2.22 bits per heavy atom. The average Bonchev–Trinajstić information content (AvgIpc) is 3.08. The quantitative estimate of drug-likeness (QED) is 0.892. The molecule has 0 saturated carbocycles. The zero-order chi connectivity index (χ0) is 12.2. The van der Waals surface area contributed by atoms with Gasteiger partial charge in [0.05, 0.1) is 12.0 Å². The van der Waals surface area contributed by atoms with Crippen molar-refractivity contribution in [1.29, 1.82) is 0 Å². The van der Waals surface area contributed by atoms with Gasteiger partial charge < -0.3 is 9.88 Å². The maximum absolute atomic E-state index is 4.33. The Bertz CT molecular complexity index is 367. The van der Waals surface area contributed by atoms with Crippen LogP contribution in [0.5, 0.6) is 0 Å². The third kappa shape index (κ3) is 2.90. The van der Waals surface area contributed by atoms with Crippen LogP contribution in [0.15, 0.2) is 12.5 Å². The number of imidazole rings is 1. The second-order valence-electron chi connectivity index (χ2n) is 5.11. The molecule has 0 bridgehead atoms. The molecule has 1 atom stereocenters. The molecule has 1 aromatic rings. The van der Waals surface area contributed by atoms with Crippen molar-refractivity contribution in [2.24, 2.45) is 0 Å². The normalized spacial score (nSPS) is 25.7. The summed E-state index contributed by atoms with van der Waals surface area (Å²) in [6.07, 6.45) is 6.58. The van der Waals surface area contributed by atoms with Crippen molar-refractivity contribution in [1.82, 2.24) is 19.8 Å². The van der Waals surface area contributed by atoms with E-state index in [4.69, 9.17) is 0 Å². The lowest BCUT2D eigenvalue weighted by Gasteiger charge is -2.26. The van der Waals surface area contributed by atoms with Crippen LogP contribution in [0.4, 0.5) is 0 Å². The van der Waals surface area contributed by atoms with Gasteiger partial charge in [-0.3, -0.25) is 4.90 Å². The lowest BCUT2D eigenvalue weighted by atomic mass is 10.2. The molecule has 2 aliphatic heterocycles. The summed E-state index contributed by atoms with van der Waals surface area (Å²) in [6, 6.07) is 0.532. The van der Waals surface area contributed by atoms with E-state index in [0.717, 1.165) is 19.6 Å². The second-order valence-corrected chi connectivity index (χ2v) is 6.34. The molecule has 0 amide bonds. The molecule has 1 N–H and O–H groups in total. The van der Waals surface area contributed by atoms with Crippen molar-refractivity contribution >= 4 is 11.8 Å². The van der Waals surface area contributed by atoms with Gasteiger partial charge in [-0.2, -0.15) is 11.8 Å². The minimum Gasteiger partial charge on any atom is -0.332 e. The molecule has 18 heavy (non-hydrogen) atoms. The molecule has 0 radical (unpaired) electrons. The minimum absolute atomic E-state index is 0.532. The first-order chi connectivity index (χ1) is 8.93. The van der Waals surface area contributed by atoms with Gasteiger partial charge in [0.2, 0.25) is 0 Å². The molecule has 3 heterocycles. The third-order valence-corrected chi connectivity index (χ3v) is 4.87. The summed E-state index contributed by atoms with van der Waals surface area (Å²) >= 11 is 2.07. The minimum atomic E-state index is 0.532. The van der Waals surface area contributed by atoms with E-state index in [1.807, 2.05) is 12.5 Å². The number of nitrogens with zero attached hydrogens (tertiary/aromatic N) is 3. The van der Waals surface area contributed by atoms with Crippen LogP contribution in [0.1, 0.15) is 24.6 Å². The van der Waals surface area contributed by atoms with E-state index in [9.17, 15) is 0 Å². The molecular formula is C13H22N4S. The summed E-state index contributed by atoms with van der Waals surface area (Å²) in [7, 11) is 0. The highest BCUT2D eigenvalue weighted by atomic mass is 32.2. The summed E-state index contributed by atoms with van der Waals surface area (Å²) in [5.74, 6) is 2.59. The van der Waals surface area contributed by atoms with E-state index in [0.29, 0.717) is 6.04 Å². The van der Waals surface area contributed by atoms with Gasteiger partial charge in [-0.25, -0.2) is 4.98 Å². The molecule has 4 nitrogen and oxygen atoms in total. The fourth-order valence-electron chi connectivity index (χ4n) is 2.82. The zero-order valence-corrected chi connectivity index (χ0v) is 11.7. The molecule has 2 aliphatic rings. The molecule has 1 aromatic heterocycles. The Balaban J connectivity index is 1.56. The van der Waals surface area contributed by atoms with Crippen LogP contribution in [0.2, 0.25) is 0 Å². The predicted molar refractivity (Wildman–Crippen MR) is 76.0 cm³/mol. The summed E-state index contributed by atoms with van der Waals surface area (Å²) in [5.41, 5.74) is 1.37. The largest absolute Gasteiger partial charge is 0.332 e. The highest BCUT2D eigenvalue weighted by Crippen LogP contribution is 2.22. The maximum atomic E-state index is 4.33. The Morgan fingerprint density at radius 1 is 1.33 bits per heavy atom. The number of hydrogen-bond donors (Lipinski definition) is 1. The van der Waals surface area contributed by atoms with Crippen LogP contribution in [0.25, 0.3) is 0 Å². The maximum Gasteiger partial charge on any atom is 0.0949 e. The van der Waals surface area contributed by atoms with Crippen molar-refractivity contribution in [2.75, 3.05) is 37.7 Å². The van der Waals surface area contributed by atoms with Crippen LogP contribution >= 0.6 is 11.8 Å². The van der Waals surface area contributed by atoms with Crippen molar-refractivity contribution in [3.63, 3.8) is 0 Å². The monoisotopic (exact) mass is 266 g/mol. The van der Waals surface area contributed by atoms with Crippen LogP contribution in [0, 0.1) is 0 Å². The van der Waals surface area contributed by atoms with Crippen LogP contribution in [0.3, 0.4) is 0 Å². The van der Waals surface area contributed by atoms with Crippen molar-refractivity contribution < 1.29 is 0 Å². The van der Waals surface area contributed by atoms with E-state index in [1.54, 1.807) is 0 Å². The fraction of sp³-hybridized carbons (Fsp3) is 0.769. The molecule has 0 spiro atoms. The Morgan fingerprint density at radius 3 is 3.00 bits per heavy atom. The number of thioether (sulfide) groups is 1. The zero-order valence-electron chi connectivity index (χ0n) is 10.8. The lowest BCUT2D eigenvalue weighted by Crippen LogP contribution is -2.35. The molecule has 5 heteroatoms. The van der Waals surface area contributed by atoms with E-state index in [1.165, 1.54) is 43.1 Å². The Kier molecular flexibility index (Phi) is 4.23.